The van der Waals surface area contributed by atoms with E-state index in [-0.39, 0.29) is 5.57 Å². The molecule has 130 valence electrons. The third kappa shape index (κ3) is 2.66. The molecule has 4 rings (SSSR count). The highest BCUT2D eigenvalue weighted by molar-refractivity contribution is 6.24. The maximum Gasteiger partial charge on any atom is 0.345 e. The summed E-state index contributed by atoms with van der Waals surface area (Å²) in [7, 11) is 1.32. The summed E-state index contributed by atoms with van der Waals surface area (Å²) in [4.78, 5) is 32.9. The van der Waals surface area contributed by atoms with E-state index in [9.17, 15) is 9.59 Å². The van der Waals surface area contributed by atoms with Crippen molar-refractivity contribution in [2.45, 2.75) is 6.10 Å². The number of esters is 1. The van der Waals surface area contributed by atoms with Crippen molar-refractivity contribution in [3.8, 4) is 0 Å². The van der Waals surface area contributed by atoms with Crippen LogP contribution in [-0.2, 0) is 19.2 Å². The number of carbonyl (C=O) groups is 2. The Labute approximate surface area is 149 Å². The first-order valence-corrected chi connectivity index (χ1v) is 8.10. The SMILES string of the molecule is CONC(=O)C1=C(c2cc3ccccc3[nH]2)C(c2ccccc2)OC1=O. The summed E-state index contributed by atoms with van der Waals surface area (Å²) in [6.07, 6.45) is -0.672. The Bertz CT molecular complexity index is 987. The molecule has 6 heteroatoms. The lowest BCUT2D eigenvalue weighted by molar-refractivity contribution is -0.142. The second kappa shape index (κ2) is 6.50. The molecule has 1 unspecified atom stereocenters. The molecular formula is C20H16N2O4. The smallest absolute Gasteiger partial charge is 0.345 e. The number of ether oxygens (including phenoxy) is 1. The third-order valence-corrected chi connectivity index (χ3v) is 4.30. The average Bonchev–Trinajstić information content (AvgIpc) is 3.23. The van der Waals surface area contributed by atoms with Crippen LogP contribution in [0.4, 0.5) is 0 Å². The zero-order valence-electron chi connectivity index (χ0n) is 14.0. The maximum atomic E-state index is 12.5. The van der Waals surface area contributed by atoms with Crippen LogP contribution in [0.1, 0.15) is 17.4 Å². The Balaban J connectivity index is 1.91. The van der Waals surface area contributed by atoms with Crippen LogP contribution in [0.15, 0.2) is 66.2 Å². The number of aromatic nitrogens is 1. The van der Waals surface area contributed by atoms with E-state index in [0.29, 0.717) is 11.3 Å². The molecule has 0 saturated heterocycles. The molecule has 1 amide bonds. The zero-order valence-corrected chi connectivity index (χ0v) is 14.0. The number of para-hydroxylation sites is 1. The van der Waals surface area contributed by atoms with Gasteiger partial charge in [-0.3, -0.25) is 9.63 Å². The lowest BCUT2D eigenvalue weighted by Crippen LogP contribution is -2.26. The highest BCUT2D eigenvalue weighted by Crippen LogP contribution is 2.42. The summed E-state index contributed by atoms with van der Waals surface area (Å²) in [5.41, 5.74) is 5.00. The lowest BCUT2D eigenvalue weighted by atomic mass is 9.96. The molecule has 1 aliphatic heterocycles. The number of cyclic esters (lactones) is 1. The molecule has 0 spiro atoms. The number of amides is 1. The van der Waals surface area contributed by atoms with Crippen molar-refractivity contribution in [2.75, 3.05) is 7.11 Å². The van der Waals surface area contributed by atoms with Crippen LogP contribution >= 0.6 is 0 Å². The van der Waals surface area contributed by atoms with Crippen LogP contribution < -0.4 is 5.48 Å². The molecule has 26 heavy (non-hydrogen) atoms. The third-order valence-electron chi connectivity index (χ3n) is 4.30. The molecule has 2 heterocycles. The van der Waals surface area contributed by atoms with E-state index < -0.39 is 18.0 Å². The van der Waals surface area contributed by atoms with Crippen molar-refractivity contribution >= 4 is 28.4 Å². The average molecular weight is 348 g/mol. The van der Waals surface area contributed by atoms with Gasteiger partial charge in [0.05, 0.1) is 7.11 Å². The van der Waals surface area contributed by atoms with Crippen LogP contribution in [-0.4, -0.2) is 24.0 Å². The van der Waals surface area contributed by atoms with Gasteiger partial charge in [-0.25, -0.2) is 10.3 Å². The van der Waals surface area contributed by atoms with Crippen molar-refractivity contribution in [3.05, 3.63) is 77.5 Å². The fourth-order valence-corrected chi connectivity index (χ4v) is 3.18. The summed E-state index contributed by atoms with van der Waals surface area (Å²) >= 11 is 0. The molecule has 3 aromatic rings. The van der Waals surface area contributed by atoms with Crippen molar-refractivity contribution in [1.82, 2.24) is 10.5 Å². The van der Waals surface area contributed by atoms with Gasteiger partial charge in [0, 0.05) is 16.8 Å². The predicted octanol–water partition coefficient (Wildman–Crippen LogP) is 2.90. The van der Waals surface area contributed by atoms with Crippen LogP contribution in [0.3, 0.4) is 0 Å². The van der Waals surface area contributed by atoms with Crippen molar-refractivity contribution in [2.24, 2.45) is 0 Å². The van der Waals surface area contributed by atoms with Gasteiger partial charge < -0.3 is 9.72 Å². The molecule has 2 aromatic carbocycles. The van der Waals surface area contributed by atoms with Gasteiger partial charge in [0.1, 0.15) is 5.57 Å². The Morgan fingerprint density at radius 3 is 2.58 bits per heavy atom. The van der Waals surface area contributed by atoms with Gasteiger partial charge >= 0.3 is 5.97 Å². The topological polar surface area (TPSA) is 80.4 Å². The highest BCUT2D eigenvalue weighted by Gasteiger charge is 2.40. The minimum absolute atomic E-state index is 0.0627. The Kier molecular flexibility index (Phi) is 4.02. The molecule has 1 atom stereocenters. The number of rotatable bonds is 4. The van der Waals surface area contributed by atoms with Gasteiger partial charge in [0.25, 0.3) is 5.91 Å². The summed E-state index contributed by atoms with van der Waals surface area (Å²) in [6, 6.07) is 19.0. The Hall–Kier alpha value is -3.38. The van der Waals surface area contributed by atoms with E-state index in [2.05, 4.69) is 10.5 Å². The number of hydrogen-bond donors (Lipinski definition) is 2. The molecule has 1 aliphatic rings. The Morgan fingerprint density at radius 2 is 1.85 bits per heavy atom. The first-order valence-electron chi connectivity index (χ1n) is 8.10. The quantitative estimate of drug-likeness (QED) is 0.432. The molecule has 0 aliphatic carbocycles. The highest BCUT2D eigenvalue weighted by atomic mass is 16.6. The van der Waals surface area contributed by atoms with Gasteiger partial charge in [-0.1, -0.05) is 48.5 Å². The van der Waals surface area contributed by atoms with E-state index in [1.165, 1.54) is 7.11 Å². The normalized spacial score (nSPS) is 16.8. The van der Waals surface area contributed by atoms with Gasteiger partial charge in [0.2, 0.25) is 0 Å². The van der Waals surface area contributed by atoms with Crippen LogP contribution in [0.25, 0.3) is 16.5 Å². The largest absolute Gasteiger partial charge is 0.449 e. The van der Waals surface area contributed by atoms with E-state index in [0.717, 1.165) is 16.5 Å². The van der Waals surface area contributed by atoms with E-state index >= 15 is 0 Å². The molecule has 1 aromatic heterocycles. The number of carbonyl (C=O) groups excluding carboxylic acids is 2. The lowest BCUT2D eigenvalue weighted by Gasteiger charge is -2.13. The van der Waals surface area contributed by atoms with Crippen molar-refractivity contribution in [1.29, 1.82) is 0 Å². The fourth-order valence-electron chi connectivity index (χ4n) is 3.18. The van der Waals surface area contributed by atoms with Gasteiger partial charge in [-0.15, -0.1) is 0 Å². The molecule has 0 fully saturated rings. The molecule has 0 bridgehead atoms. The fraction of sp³-hybridized carbons (Fsp3) is 0.100. The van der Waals surface area contributed by atoms with Crippen molar-refractivity contribution < 1.29 is 19.2 Å². The second-order valence-corrected chi connectivity index (χ2v) is 5.89. The minimum Gasteiger partial charge on any atom is -0.449 e. The van der Waals surface area contributed by atoms with E-state index in [1.807, 2.05) is 60.7 Å². The van der Waals surface area contributed by atoms with Crippen LogP contribution in [0, 0.1) is 0 Å². The summed E-state index contributed by atoms with van der Waals surface area (Å²) < 4.78 is 5.54. The van der Waals surface area contributed by atoms with Gasteiger partial charge in [-0.2, -0.15) is 0 Å². The standard InChI is InChI=1S/C20H16N2O4/c1-25-22-19(23)17-16(15-11-13-9-5-6-10-14(13)21-15)18(26-20(17)24)12-7-3-2-4-8-12/h2-11,18,21H,1H3,(H,22,23). The van der Waals surface area contributed by atoms with Crippen LogP contribution in [0.2, 0.25) is 0 Å². The summed E-state index contributed by atoms with van der Waals surface area (Å²) in [5.74, 6) is -1.31. The number of nitrogens with one attached hydrogen (secondary N) is 2. The number of benzene rings is 2. The van der Waals surface area contributed by atoms with Gasteiger partial charge in [0.15, 0.2) is 6.10 Å². The minimum atomic E-state index is -0.679. The van der Waals surface area contributed by atoms with E-state index in [1.54, 1.807) is 0 Å². The first-order chi connectivity index (χ1) is 12.7. The number of fused-ring (bicyclic) bond motifs is 1. The molecular weight excluding hydrogens is 332 g/mol. The monoisotopic (exact) mass is 348 g/mol. The van der Waals surface area contributed by atoms with E-state index in [4.69, 9.17) is 9.57 Å². The zero-order chi connectivity index (χ0) is 18.1. The molecule has 0 saturated carbocycles. The van der Waals surface area contributed by atoms with Crippen molar-refractivity contribution in [3.63, 3.8) is 0 Å². The Morgan fingerprint density at radius 1 is 1.12 bits per heavy atom. The maximum absolute atomic E-state index is 12.5. The van der Waals surface area contributed by atoms with Gasteiger partial charge in [-0.05, 0) is 23.1 Å². The molecule has 6 nitrogen and oxygen atoms in total. The predicted molar refractivity (Wildman–Crippen MR) is 95.6 cm³/mol. The molecule has 2 N–H and O–H groups in total. The number of aromatic amines is 1. The van der Waals surface area contributed by atoms with Crippen LogP contribution in [0.5, 0.6) is 0 Å². The molecule has 0 radical (unpaired) electrons. The summed E-state index contributed by atoms with van der Waals surface area (Å²) in [5, 5.41) is 0.979. The first kappa shape index (κ1) is 16.1. The summed E-state index contributed by atoms with van der Waals surface area (Å²) in [6.45, 7) is 0. The number of hydroxylamine groups is 1. The number of H-pyrrole nitrogens is 1. The number of hydrogen-bond acceptors (Lipinski definition) is 4. The second-order valence-electron chi connectivity index (χ2n) is 5.89.